The van der Waals surface area contributed by atoms with Crippen molar-refractivity contribution in [2.24, 2.45) is 0 Å². The molecule has 0 radical (unpaired) electrons. The molecule has 0 bridgehead atoms. The molecule has 16 heavy (non-hydrogen) atoms. The molecule has 0 spiro atoms. The number of aliphatic hydroxyl groups excluding tert-OH is 1. The van der Waals surface area contributed by atoms with Gasteiger partial charge in [-0.1, -0.05) is 30.2 Å². The predicted molar refractivity (Wildman–Crippen MR) is 64.4 cm³/mol. The molecule has 2 N–H and O–H groups in total. The monoisotopic (exact) mass is 218 g/mol. The fraction of sp³-hybridized carbons (Fsp3) is 0.429. The summed E-state index contributed by atoms with van der Waals surface area (Å²) in [6, 6.07) is 7.30. The topological polar surface area (TPSA) is 40.5 Å². The number of phenolic OH excluding ortho intramolecular Hbond substituents is 1. The zero-order chi connectivity index (χ0) is 11.4. The number of rotatable bonds is 2. The van der Waals surface area contributed by atoms with Crippen molar-refractivity contribution in [3.8, 4) is 5.75 Å². The maximum Gasteiger partial charge on any atom is 0.115 e. The molecule has 0 amide bonds. The first-order valence-electron chi connectivity index (χ1n) is 5.89. The zero-order valence-corrected chi connectivity index (χ0v) is 9.39. The first-order chi connectivity index (χ1) is 7.74. The van der Waals surface area contributed by atoms with Gasteiger partial charge >= 0.3 is 0 Å². The lowest BCUT2D eigenvalue weighted by molar-refractivity contribution is 0.211. The fourth-order valence-electron chi connectivity index (χ4n) is 2.17. The van der Waals surface area contributed by atoms with E-state index in [-0.39, 0.29) is 6.10 Å². The van der Waals surface area contributed by atoms with Gasteiger partial charge in [0.1, 0.15) is 5.75 Å². The molecule has 1 aromatic rings. The van der Waals surface area contributed by atoms with E-state index in [0.717, 1.165) is 25.7 Å². The minimum Gasteiger partial charge on any atom is -0.508 e. The normalized spacial score (nSPS) is 21.3. The van der Waals surface area contributed by atoms with Crippen molar-refractivity contribution < 1.29 is 10.2 Å². The lowest BCUT2D eigenvalue weighted by Gasteiger charge is -2.06. The van der Waals surface area contributed by atoms with Gasteiger partial charge in [-0.05, 0) is 43.4 Å². The van der Waals surface area contributed by atoms with Gasteiger partial charge in [0.2, 0.25) is 0 Å². The molecule has 2 heteroatoms. The van der Waals surface area contributed by atoms with E-state index < -0.39 is 0 Å². The molecule has 0 heterocycles. The average molecular weight is 218 g/mol. The average Bonchev–Trinajstić information content (AvgIpc) is 2.46. The van der Waals surface area contributed by atoms with E-state index >= 15 is 0 Å². The minimum atomic E-state index is -0.269. The molecule has 1 atom stereocenters. The molecule has 2 rings (SSSR count). The Morgan fingerprint density at radius 2 is 1.88 bits per heavy atom. The van der Waals surface area contributed by atoms with Crippen molar-refractivity contribution >= 4 is 0 Å². The molecule has 1 aliphatic rings. The van der Waals surface area contributed by atoms with Crippen LogP contribution in [0.1, 0.15) is 31.2 Å². The van der Waals surface area contributed by atoms with Crippen LogP contribution in [0.4, 0.5) is 0 Å². The lowest BCUT2D eigenvalue weighted by atomic mass is 10.0. The molecule has 2 nitrogen and oxygen atoms in total. The number of aromatic hydroxyl groups is 1. The van der Waals surface area contributed by atoms with Gasteiger partial charge in [0, 0.05) is 0 Å². The van der Waals surface area contributed by atoms with Crippen LogP contribution in [0.25, 0.3) is 0 Å². The molecular formula is C14H18O2. The number of benzene rings is 1. The van der Waals surface area contributed by atoms with Crippen LogP contribution in [0.15, 0.2) is 35.9 Å². The van der Waals surface area contributed by atoms with E-state index in [1.165, 1.54) is 17.6 Å². The zero-order valence-electron chi connectivity index (χ0n) is 9.39. The molecule has 0 saturated heterocycles. The summed E-state index contributed by atoms with van der Waals surface area (Å²) in [4.78, 5) is 0. The lowest BCUT2D eigenvalue weighted by Crippen LogP contribution is -2.01. The molecule has 0 saturated carbocycles. The fourth-order valence-corrected chi connectivity index (χ4v) is 2.17. The Hall–Kier alpha value is -1.28. The highest BCUT2D eigenvalue weighted by atomic mass is 16.3. The van der Waals surface area contributed by atoms with Gasteiger partial charge in [0.05, 0.1) is 6.10 Å². The van der Waals surface area contributed by atoms with Crippen LogP contribution in [0, 0.1) is 0 Å². The second-order valence-corrected chi connectivity index (χ2v) is 4.48. The summed E-state index contributed by atoms with van der Waals surface area (Å²) in [5.74, 6) is 0.304. The number of aliphatic hydroxyl groups is 1. The first-order valence-corrected chi connectivity index (χ1v) is 5.89. The standard InChI is InChI=1S/C14H18O2/c15-13-7-5-11(6-8-13)9-12-3-1-2-4-14(16)10-12/h5-8,10,14-16H,1-4,9H2. The maximum absolute atomic E-state index is 9.67. The highest BCUT2D eigenvalue weighted by Crippen LogP contribution is 2.21. The molecule has 0 aromatic heterocycles. The first kappa shape index (κ1) is 11.2. The highest BCUT2D eigenvalue weighted by Gasteiger charge is 2.09. The van der Waals surface area contributed by atoms with Crippen LogP contribution in [-0.2, 0) is 6.42 Å². The van der Waals surface area contributed by atoms with E-state index in [1.807, 2.05) is 18.2 Å². The van der Waals surface area contributed by atoms with Crippen molar-refractivity contribution in [2.45, 2.75) is 38.2 Å². The van der Waals surface area contributed by atoms with Crippen LogP contribution < -0.4 is 0 Å². The molecule has 0 fully saturated rings. The van der Waals surface area contributed by atoms with E-state index in [0.29, 0.717) is 5.75 Å². The molecule has 1 aromatic carbocycles. The van der Waals surface area contributed by atoms with E-state index in [9.17, 15) is 10.2 Å². The number of hydrogen-bond acceptors (Lipinski definition) is 2. The largest absolute Gasteiger partial charge is 0.508 e. The summed E-state index contributed by atoms with van der Waals surface area (Å²) in [5, 5.41) is 18.9. The van der Waals surface area contributed by atoms with Crippen LogP contribution in [-0.4, -0.2) is 16.3 Å². The van der Waals surface area contributed by atoms with Crippen LogP contribution in [0.2, 0.25) is 0 Å². The van der Waals surface area contributed by atoms with Crippen LogP contribution >= 0.6 is 0 Å². The van der Waals surface area contributed by atoms with Gasteiger partial charge in [0.15, 0.2) is 0 Å². The van der Waals surface area contributed by atoms with E-state index in [4.69, 9.17) is 0 Å². The Kier molecular flexibility index (Phi) is 3.62. The van der Waals surface area contributed by atoms with E-state index in [2.05, 4.69) is 0 Å². The third-order valence-electron chi connectivity index (χ3n) is 3.04. The van der Waals surface area contributed by atoms with Gasteiger partial charge < -0.3 is 10.2 Å². The van der Waals surface area contributed by atoms with Crippen molar-refractivity contribution in [1.29, 1.82) is 0 Å². The van der Waals surface area contributed by atoms with Crippen LogP contribution in [0.3, 0.4) is 0 Å². The Morgan fingerprint density at radius 3 is 2.62 bits per heavy atom. The Morgan fingerprint density at radius 1 is 1.12 bits per heavy atom. The molecular weight excluding hydrogens is 200 g/mol. The molecule has 86 valence electrons. The summed E-state index contributed by atoms with van der Waals surface area (Å²) in [5.41, 5.74) is 2.51. The van der Waals surface area contributed by atoms with Crippen molar-refractivity contribution in [3.05, 3.63) is 41.5 Å². The van der Waals surface area contributed by atoms with Crippen molar-refractivity contribution in [2.75, 3.05) is 0 Å². The summed E-state index contributed by atoms with van der Waals surface area (Å²) in [7, 11) is 0. The summed E-state index contributed by atoms with van der Waals surface area (Å²) >= 11 is 0. The third-order valence-corrected chi connectivity index (χ3v) is 3.04. The van der Waals surface area contributed by atoms with Crippen molar-refractivity contribution in [1.82, 2.24) is 0 Å². The molecule has 1 unspecified atom stereocenters. The highest BCUT2D eigenvalue weighted by molar-refractivity contribution is 5.29. The molecule has 0 aliphatic heterocycles. The summed E-state index contributed by atoms with van der Waals surface area (Å²) in [6.07, 6.45) is 6.86. The Bertz CT molecular complexity index is 365. The van der Waals surface area contributed by atoms with Gasteiger partial charge in [0.25, 0.3) is 0 Å². The van der Waals surface area contributed by atoms with E-state index in [1.54, 1.807) is 12.1 Å². The Labute approximate surface area is 96.2 Å². The number of hydrogen-bond donors (Lipinski definition) is 2. The second kappa shape index (κ2) is 5.17. The van der Waals surface area contributed by atoms with Gasteiger partial charge in [-0.15, -0.1) is 0 Å². The predicted octanol–water partition coefficient (Wildman–Crippen LogP) is 2.80. The second-order valence-electron chi connectivity index (χ2n) is 4.48. The van der Waals surface area contributed by atoms with Crippen molar-refractivity contribution in [3.63, 3.8) is 0 Å². The smallest absolute Gasteiger partial charge is 0.115 e. The van der Waals surface area contributed by atoms with Gasteiger partial charge in [-0.25, -0.2) is 0 Å². The summed E-state index contributed by atoms with van der Waals surface area (Å²) in [6.45, 7) is 0. The SMILES string of the molecule is Oc1ccc(CC2=CC(O)CCCC2)cc1. The number of phenols is 1. The molecule has 1 aliphatic carbocycles. The third kappa shape index (κ3) is 3.11. The van der Waals surface area contributed by atoms with Gasteiger partial charge in [-0.2, -0.15) is 0 Å². The minimum absolute atomic E-state index is 0.269. The van der Waals surface area contributed by atoms with Gasteiger partial charge in [-0.3, -0.25) is 0 Å². The summed E-state index contributed by atoms with van der Waals surface area (Å²) < 4.78 is 0. The number of allylic oxidation sites excluding steroid dienone is 1. The maximum atomic E-state index is 9.67. The quantitative estimate of drug-likeness (QED) is 0.749. The van der Waals surface area contributed by atoms with Crippen LogP contribution in [0.5, 0.6) is 5.75 Å². The Balaban J connectivity index is 2.05.